The third-order valence-electron chi connectivity index (χ3n) is 3.60. The van der Waals surface area contributed by atoms with Crippen LogP contribution in [0.3, 0.4) is 0 Å². The number of ketones is 1. The Labute approximate surface area is 141 Å². The molecule has 0 fully saturated rings. The molecule has 0 spiro atoms. The van der Waals surface area contributed by atoms with Crippen molar-refractivity contribution >= 4 is 23.4 Å². The van der Waals surface area contributed by atoms with Gasteiger partial charge in [-0.15, -0.1) is 0 Å². The standard InChI is InChI=1S/C20H20O4/c1-14(21)15(2)24-20(22)18(16-9-5-4-6-10-16)13-17-11-7-8-12-19(17)23-3/h4-13,15H,1-3H3/b18-13+/t15-/m1/s1. The van der Waals surface area contributed by atoms with E-state index >= 15 is 0 Å². The molecule has 0 saturated carbocycles. The second-order valence-corrected chi connectivity index (χ2v) is 5.32. The van der Waals surface area contributed by atoms with Gasteiger partial charge in [-0.1, -0.05) is 48.5 Å². The van der Waals surface area contributed by atoms with E-state index in [4.69, 9.17) is 9.47 Å². The van der Waals surface area contributed by atoms with Crippen molar-refractivity contribution in [1.82, 2.24) is 0 Å². The Morgan fingerprint density at radius 1 is 1.00 bits per heavy atom. The van der Waals surface area contributed by atoms with Crippen molar-refractivity contribution in [2.45, 2.75) is 20.0 Å². The molecule has 0 unspecified atom stereocenters. The molecule has 2 aromatic rings. The number of para-hydroxylation sites is 1. The Morgan fingerprint density at radius 3 is 2.25 bits per heavy atom. The molecule has 1 atom stereocenters. The van der Waals surface area contributed by atoms with E-state index in [2.05, 4.69) is 0 Å². The molecule has 2 rings (SSSR count). The normalized spacial score (nSPS) is 12.4. The molecule has 0 bridgehead atoms. The minimum atomic E-state index is -0.790. The average Bonchev–Trinajstić information content (AvgIpc) is 2.60. The Balaban J connectivity index is 2.45. The van der Waals surface area contributed by atoms with Crippen LogP contribution in [0.5, 0.6) is 5.75 Å². The van der Waals surface area contributed by atoms with Gasteiger partial charge in [0, 0.05) is 5.56 Å². The maximum absolute atomic E-state index is 12.6. The number of Topliss-reactive ketones (excluding diaryl/α,β-unsaturated/α-hetero) is 1. The zero-order chi connectivity index (χ0) is 17.5. The predicted octanol–water partition coefficient (Wildman–Crippen LogP) is 3.76. The van der Waals surface area contributed by atoms with Crippen LogP contribution in [0, 0.1) is 0 Å². The van der Waals surface area contributed by atoms with Crippen molar-refractivity contribution in [1.29, 1.82) is 0 Å². The highest BCUT2D eigenvalue weighted by molar-refractivity contribution is 6.22. The molecule has 0 aliphatic rings. The Bertz CT molecular complexity index is 747. The summed E-state index contributed by atoms with van der Waals surface area (Å²) >= 11 is 0. The van der Waals surface area contributed by atoms with Gasteiger partial charge in [0.1, 0.15) is 5.75 Å². The molecule has 24 heavy (non-hydrogen) atoms. The van der Waals surface area contributed by atoms with Crippen LogP contribution >= 0.6 is 0 Å². The highest BCUT2D eigenvalue weighted by atomic mass is 16.5. The molecule has 0 saturated heterocycles. The van der Waals surface area contributed by atoms with Gasteiger partial charge >= 0.3 is 5.97 Å². The van der Waals surface area contributed by atoms with Gasteiger partial charge in [0.15, 0.2) is 11.9 Å². The van der Waals surface area contributed by atoms with E-state index in [9.17, 15) is 9.59 Å². The maximum atomic E-state index is 12.6. The number of ether oxygens (including phenoxy) is 2. The molecular formula is C20H20O4. The van der Waals surface area contributed by atoms with Crippen molar-refractivity contribution in [3.63, 3.8) is 0 Å². The maximum Gasteiger partial charge on any atom is 0.339 e. The van der Waals surface area contributed by atoms with E-state index in [1.165, 1.54) is 6.92 Å². The first kappa shape index (κ1) is 17.5. The third-order valence-corrected chi connectivity index (χ3v) is 3.60. The van der Waals surface area contributed by atoms with Gasteiger partial charge in [0.25, 0.3) is 0 Å². The first-order valence-electron chi connectivity index (χ1n) is 7.64. The van der Waals surface area contributed by atoms with E-state index in [0.717, 1.165) is 5.56 Å². The molecule has 0 N–H and O–H groups in total. The molecule has 0 aliphatic carbocycles. The van der Waals surface area contributed by atoms with Gasteiger partial charge in [-0.3, -0.25) is 4.79 Å². The Kier molecular flexibility index (Phi) is 5.90. The number of carbonyl (C=O) groups excluding carboxylic acids is 2. The van der Waals surface area contributed by atoms with E-state index in [-0.39, 0.29) is 5.78 Å². The minimum Gasteiger partial charge on any atom is -0.496 e. The summed E-state index contributed by atoms with van der Waals surface area (Å²) in [5, 5.41) is 0. The molecule has 2 aromatic carbocycles. The lowest BCUT2D eigenvalue weighted by atomic mass is 10.0. The van der Waals surface area contributed by atoms with Crippen LogP contribution < -0.4 is 4.74 Å². The van der Waals surface area contributed by atoms with Gasteiger partial charge in [-0.2, -0.15) is 0 Å². The first-order valence-corrected chi connectivity index (χ1v) is 7.64. The smallest absolute Gasteiger partial charge is 0.339 e. The quantitative estimate of drug-likeness (QED) is 0.461. The Morgan fingerprint density at radius 2 is 1.62 bits per heavy atom. The van der Waals surface area contributed by atoms with Crippen molar-refractivity contribution in [3.05, 3.63) is 65.7 Å². The second-order valence-electron chi connectivity index (χ2n) is 5.32. The summed E-state index contributed by atoms with van der Waals surface area (Å²) in [4.78, 5) is 24.0. The van der Waals surface area contributed by atoms with Crippen molar-refractivity contribution in [3.8, 4) is 5.75 Å². The van der Waals surface area contributed by atoms with E-state index in [1.54, 1.807) is 20.1 Å². The molecular weight excluding hydrogens is 304 g/mol. The average molecular weight is 324 g/mol. The number of hydrogen-bond donors (Lipinski definition) is 0. The van der Waals surface area contributed by atoms with Gasteiger partial charge in [-0.25, -0.2) is 4.79 Å². The summed E-state index contributed by atoms with van der Waals surface area (Å²) in [6.45, 7) is 2.95. The van der Waals surface area contributed by atoms with Gasteiger partial charge in [-0.05, 0) is 31.6 Å². The SMILES string of the molecule is COc1ccccc1/C=C(/C(=O)O[C@H](C)C(C)=O)c1ccccc1. The lowest BCUT2D eigenvalue weighted by Crippen LogP contribution is -2.22. The van der Waals surface area contributed by atoms with E-state index in [0.29, 0.717) is 16.9 Å². The molecule has 0 aromatic heterocycles. The van der Waals surface area contributed by atoms with Gasteiger partial charge in [0.05, 0.1) is 12.7 Å². The number of esters is 1. The summed E-state index contributed by atoms with van der Waals surface area (Å²) in [5.41, 5.74) is 1.84. The first-order chi connectivity index (χ1) is 11.5. The number of hydrogen-bond acceptors (Lipinski definition) is 4. The molecule has 124 valence electrons. The topological polar surface area (TPSA) is 52.6 Å². The van der Waals surface area contributed by atoms with Crippen LogP contribution in [0.15, 0.2) is 54.6 Å². The monoisotopic (exact) mass is 324 g/mol. The second kappa shape index (κ2) is 8.11. The summed E-state index contributed by atoms with van der Waals surface area (Å²) in [6, 6.07) is 16.6. The van der Waals surface area contributed by atoms with Crippen LogP contribution in [-0.2, 0) is 14.3 Å². The highest BCUT2D eigenvalue weighted by Crippen LogP contribution is 2.25. The fourth-order valence-electron chi connectivity index (χ4n) is 2.13. The van der Waals surface area contributed by atoms with Crippen LogP contribution in [0.4, 0.5) is 0 Å². The highest BCUT2D eigenvalue weighted by Gasteiger charge is 2.19. The number of rotatable bonds is 6. The number of benzene rings is 2. The van der Waals surface area contributed by atoms with Crippen LogP contribution in [0.1, 0.15) is 25.0 Å². The third kappa shape index (κ3) is 4.32. The van der Waals surface area contributed by atoms with Crippen LogP contribution in [0.25, 0.3) is 11.6 Å². The van der Waals surface area contributed by atoms with E-state index in [1.807, 2.05) is 54.6 Å². The number of carbonyl (C=O) groups is 2. The van der Waals surface area contributed by atoms with Gasteiger partial charge < -0.3 is 9.47 Å². The lowest BCUT2D eigenvalue weighted by Gasteiger charge is -2.13. The Hall–Kier alpha value is -2.88. The summed E-state index contributed by atoms with van der Waals surface area (Å²) in [6.07, 6.45) is 0.922. The molecule has 0 aliphatic heterocycles. The molecule has 4 nitrogen and oxygen atoms in total. The van der Waals surface area contributed by atoms with Crippen LogP contribution in [0.2, 0.25) is 0 Å². The summed E-state index contributed by atoms with van der Waals surface area (Å²) in [5.74, 6) is -0.0961. The summed E-state index contributed by atoms with van der Waals surface area (Å²) < 4.78 is 10.6. The predicted molar refractivity (Wildman–Crippen MR) is 93.5 cm³/mol. The molecule has 0 heterocycles. The zero-order valence-corrected chi connectivity index (χ0v) is 14.0. The van der Waals surface area contributed by atoms with E-state index < -0.39 is 12.1 Å². The number of methoxy groups -OCH3 is 1. The molecule has 0 amide bonds. The molecule has 0 radical (unpaired) electrons. The fourth-order valence-corrected chi connectivity index (χ4v) is 2.13. The van der Waals surface area contributed by atoms with Crippen molar-refractivity contribution in [2.24, 2.45) is 0 Å². The lowest BCUT2D eigenvalue weighted by molar-refractivity contribution is -0.147. The zero-order valence-electron chi connectivity index (χ0n) is 14.0. The summed E-state index contributed by atoms with van der Waals surface area (Å²) in [7, 11) is 1.57. The fraction of sp³-hybridized carbons (Fsp3) is 0.200. The van der Waals surface area contributed by atoms with Crippen LogP contribution in [-0.4, -0.2) is 25.0 Å². The molecule has 4 heteroatoms. The van der Waals surface area contributed by atoms with Crippen molar-refractivity contribution in [2.75, 3.05) is 7.11 Å². The minimum absolute atomic E-state index is 0.201. The van der Waals surface area contributed by atoms with Crippen molar-refractivity contribution < 1.29 is 19.1 Å². The largest absolute Gasteiger partial charge is 0.496 e. The van der Waals surface area contributed by atoms with Gasteiger partial charge in [0.2, 0.25) is 0 Å².